The third-order valence-corrected chi connectivity index (χ3v) is 5.54. The van der Waals surface area contributed by atoms with E-state index in [-0.39, 0.29) is 5.97 Å². The van der Waals surface area contributed by atoms with Gasteiger partial charge in [0.05, 0.1) is 12.5 Å². The second-order valence-corrected chi connectivity index (χ2v) is 6.74. The highest BCUT2D eigenvalue weighted by atomic mass is 32.1. The first-order valence-electron chi connectivity index (χ1n) is 7.88. The maximum absolute atomic E-state index is 12.0. The van der Waals surface area contributed by atoms with E-state index in [4.69, 9.17) is 4.74 Å². The molecule has 2 aromatic rings. The Bertz CT molecular complexity index is 735. The highest BCUT2D eigenvalue weighted by Gasteiger charge is 2.25. The van der Waals surface area contributed by atoms with E-state index in [1.165, 1.54) is 18.4 Å². The Morgan fingerprint density at radius 1 is 1.22 bits per heavy atom. The zero-order chi connectivity index (χ0) is 16.6. The Balaban J connectivity index is 2.06. The van der Waals surface area contributed by atoms with Gasteiger partial charge in [0, 0.05) is 26.2 Å². The van der Waals surface area contributed by atoms with Crippen molar-refractivity contribution in [1.82, 2.24) is 14.9 Å². The van der Waals surface area contributed by atoms with Crippen molar-refractivity contribution in [3.8, 4) is 0 Å². The number of aryl methyl sites for hydroxylation is 2. The number of hydrogen-bond acceptors (Lipinski definition) is 7. The Morgan fingerprint density at radius 2 is 1.91 bits per heavy atom. The lowest BCUT2D eigenvalue weighted by Gasteiger charge is -2.35. The molecular weight excluding hydrogens is 312 g/mol. The molecule has 7 heteroatoms. The smallest absolute Gasteiger partial charge is 0.348 e. The van der Waals surface area contributed by atoms with Crippen molar-refractivity contribution >= 4 is 33.3 Å². The van der Waals surface area contributed by atoms with Gasteiger partial charge in [-0.1, -0.05) is 6.92 Å². The summed E-state index contributed by atoms with van der Waals surface area (Å²) in [5.74, 6) is 1.39. The number of carbonyl (C=O) groups excluding carboxylic acids is 1. The largest absolute Gasteiger partial charge is 0.465 e. The average Bonchev–Trinajstić information content (AvgIpc) is 2.90. The summed E-state index contributed by atoms with van der Waals surface area (Å²) in [5, 5.41) is 0.992. The molecule has 3 rings (SSSR count). The van der Waals surface area contributed by atoms with Crippen LogP contribution in [0, 0.1) is 13.8 Å². The van der Waals surface area contributed by atoms with E-state index in [1.54, 1.807) is 0 Å². The number of thiophene rings is 1. The predicted octanol–water partition coefficient (Wildman–Crippen LogP) is 2.24. The van der Waals surface area contributed by atoms with E-state index in [2.05, 4.69) is 26.7 Å². The molecule has 1 aliphatic heterocycles. The number of nitrogens with zero attached hydrogens (tertiary/aromatic N) is 4. The van der Waals surface area contributed by atoms with E-state index < -0.39 is 0 Å². The van der Waals surface area contributed by atoms with Gasteiger partial charge in [-0.15, -0.1) is 11.3 Å². The lowest BCUT2D eigenvalue weighted by Crippen LogP contribution is -2.46. The summed E-state index contributed by atoms with van der Waals surface area (Å²) < 4.78 is 4.89. The van der Waals surface area contributed by atoms with Crippen molar-refractivity contribution in [1.29, 1.82) is 0 Å². The molecule has 0 N–H and O–H groups in total. The molecule has 0 bridgehead atoms. The van der Waals surface area contributed by atoms with E-state index in [0.29, 0.717) is 4.88 Å². The molecule has 0 amide bonds. The van der Waals surface area contributed by atoms with Gasteiger partial charge in [0.1, 0.15) is 21.3 Å². The number of carbonyl (C=O) groups is 1. The molecule has 1 aliphatic rings. The van der Waals surface area contributed by atoms with Crippen LogP contribution < -0.4 is 4.90 Å². The molecule has 1 saturated heterocycles. The van der Waals surface area contributed by atoms with Crippen LogP contribution in [0.3, 0.4) is 0 Å². The summed E-state index contributed by atoms with van der Waals surface area (Å²) in [7, 11) is 1.41. The molecule has 0 unspecified atom stereocenters. The molecule has 0 spiro atoms. The van der Waals surface area contributed by atoms with E-state index in [0.717, 1.165) is 60.1 Å². The molecule has 1 fully saturated rings. The number of rotatable bonds is 3. The maximum Gasteiger partial charge on any atom is 0.348 e. The van der Waals surface area contributed by atoms with Crippen LogP contribution in [0.25, 0.3) is 10.2 Å². The minimum atomic E-state index is -0.301. The first kappa shape index (κ1) is 16.1. The summed E-state index contributed by atoms with van der Waals surface area (Å²) >= 11 is 1.39. The minimum Gasteiger partial charge on any atom is -0.465 e. The van der Waals surface area contributed by atoms with Gasteiger partial charge in [0.2, 0.25) is 0 Å². The number of likely N-dealkylation sites (N-methyl/N-ethyl adjacent to an activating group) is 1. The van der Waals surface area contributed by atoms with Crippen molar-refractivity contribution in [2.45, 2.75) is 20.8 Å². The number of piperazine rings is 1. The molecule has 2 aromatic heterocycles. The van der Waals surface area contributed by atoms with Crippen molar-refractivity contribution in [3.63, 3.8) is 0 Å². The molecular formula is C16H22N4O2S. The van der Waals surface area contributed by atoms with Crippen molar-refractivity contribution in [3.05, 3.63) is 16.3 Å². The summed E-state index contributed by atoms with van der Waals surface area (Å²) in [6.45, 7) is 11.1. The molecule has 0 aromatic carbocycles. The van der Waals surface area contributed by atoms with Crippen LogP contribution in [-0.2, 0) is 4.74 Å². The van der Waals surface area contributed by atoms with Crippen molar-refractivity contribution in [2.24, 2.45) is 0 Å². The normalized spacial score (nSPS) is 16.1. The summed E-state index contributed by atoms with van der Waals surface area (Å²) in [5.41, 5.74) is 0.921. The molecule has 0 radical (unpaired) electrons. The summed E-state index contributed by atoms with van der Waals surface area (Å²) in [6, 6.07) is 0. The van der Waals surface area contributed by atoms with Gasteiger partial charge in [0.25, 0.3) is 0 Å². The van der Waals surface area contributed by atoms with Crippen molar-refractivity contribution in [2.75, 3.05) is 44.7 Å². The number of anilines is 1. The van der Waals surface area contributed by atoms with Crippen molar-refractivity contribution < 1.29 is 9.53 Å². The van der Waals surface area contributed by atoms with Gasteiger partial charge < -0.3 is 14.5 Å². The van der Waals surface area contributed by atoms with Crippen LogP contribution in [-0.4, -0.2) is 60.7 Å². The zero-order valence-electron chi connectivity index (χ0n) is 14.0. The average molecular weight is 334 g/mol. The standard InChI is InChI=1S/C16H22N4O2S/c1-5-19-6-8-20(9-7-19)14-12-10(2)13(16(21)22-4)23-15(12)18-11(3)17-14/h5-9H2,1-4H3. The maximum atomic E-state index is 12.0. The third kappa shape index (κ3) is 2.90. The molecule has 0 saturated carbocycles. The molecule has 0 atom stereocenters. The number of ether oxygens (including phenoxy) is 1. The number of esters is 1. The van der Waals surface area contributed by atoms with Gasteiger partial charge in [-0.3, -0.25) is 0 Å². The highest BCUT2D eigenvalue weighted by molar-refractivity contribution is 7.20. The lowest BCUT2D eigenvalue weighted by molar-refractivity contribution is 0.0605. The second kappa shape index (κ2) is 6.41. The molecule has 23 heavy (non-hydrogen) atoms. The van der Waals surface area contributed by atoms with Gasteiger partial charge >= 0.3 is 5.97 Å². The molecule has 6 nitrogen and oxygen atoms in total. The number of hydrogen-bond donors (Lipinski definition) is 0. The Hall–Kier alpha value is -1.73. The predicted molar refractivity (Wildman–Crippen MR) is 92.6 cm³/mol. The van der Waals surface area contributed by atoms with E-state index >= 15 is 0 Å². The second-order valence-electron chi connectivity index (χ2n) is 5.74. The minimum absolute atomic E-state index is 0.301. The van der Waals surface area contributed by atoms with Crippen LogP contribution >= 0.6 is 11.3 Å². The SMILES string of the molecule is CCN1CCN(c2nc(C)nc3sc(C(=O)OC)c(C)c23)CC1. The molecule has 124 valence electrons. The fourth-order valence-electron chi connectivity index (χ4n) is 3.01. The number of aromatic nitrogens is 2. The summed E-state index contributed by atoms with van der Waals surface area (Å²) in [4.78, 5) is 27.4. The van der Waals surface area contributed by atoms with Gasteiger partial charge in [-0.25, -0.2) is 14.8 Å². The fourth-order valence-corrected chi connectivity index (χ4v) is 4.15. The Kier molecular flexibility index (Phi) is 4.50. The van der Waals surface area contributed by atoms with E-state index in [9.17, 15) is 4.79 Å². The van der Waals surface area contributed by atoms with Crippen LogP contribution in [0.5, 0.6) is 0 Å². The first-order chi connectivity index (χ1) is 11.0. The van der Waals surface area contributed by atoms with Gasteiger partial charge in [-0.2, -0.15) is 0 Å². The van der Waals surface area contributed by atoms with Crippen LogP contribution in [0.15, 0.2) is 0 Å². The molecule has 3 heterocycles. The zero-order valence-corrected chi connectivity index (χ0v) is 14.9. The molecule has 0 aliphatic carbocycles. The topological polar surface area (TPSA) is 58.6 Å². The first-order valence-corrected chi connectivity index (χ1v) is 8.70. The van der Waals surface area contributed by atoms with E-state index in [1.807, 2.05) is 13.8 Å². The number of fused-ring (bicyclic) bond motifs is 1. The van der Waals surface area contributed by atoms with Crippen LogP contribution in [0.4, 0.5) is 5.82 Å². The third-order valence-electron chi connectivity index (χ3n) is 4.37. The highest BCUT2D eigenvalue weighted by Crippen LogP contribution is 2.36. The van der Waals surface area contributed by atoms with Crippen LogP contribution in [0.1, 0.15) is 28.0 Å². The van der Waals surface area contributed by atoms with Gasteiger partial charge in [-0.05, 0) is 26.0 Å². The lowest BCUT2D eigenvalue weighted by atomic mass is 10.2. The Labute approximate surface area is 140 Å². The quantitative estimate of drug-likeness (QED) is 0.802. The monoisotopic (exact) mass is 334 g/mol. The number of methoxy groups -OCH3 is 1. The fraction of sp³-hybridized carbons (Fsp3) is 0.562. The van der Waals surface area contributed by atoms with Crippen LogP contribution in [0.2, 0.25) is 0 Å². The Morgan fingerprint density at radius 3 is 2.52 bits per heavy atom. The van der Waals surface area contributed by atoms with Gasteiger partial charge in [0.15, 0.2) is 0 Å². The summed E-state index contributed by atoms with van der Waals surface area (Å²) in [6.07, 6.45) is 0.